The SMILES string of the molecule is O=C(NCc1cccnc1-n1cncn1)Nc1ccccc1Cn1cccn1. The van der Waals surface area contributed by atoms with Gasteiger partial charge in [0.15, 0.2) is 5.82 Å². The van der Waals surface area contributed by atoms with E-state index in [1.807, 2.05) is 48.7 Å². The molecule has 0 unspecified atom stereocenters. The molecule has 0 saturated carbocycles. The van der Waals surface area contributed by atoms with E-state index < -0.39 is 0 Å². The number of aromatic nitrogens is 6. The lowest BCUT2D eigenvalue weighted by molar-refractivity contribution is 0.251. The number of nitrogens with zero attached hydrogens (tertiary/aromatic N) is 6. The molecule has 0 bridgehead atoms. The number of urea groups is 1. The Labute approximate surface area is 161 Å². The molecule has 3 aromatic heterocycles. The molecule has 0 spiro atoms. The zero-order valence-electron chi connectivity index (χ0n) is 14.9. The van der Waals surface area contributed by atoms with Crippen molar-refractivity contribution in [2.45, 2.75) is 13.1 Å². The highest BCUT2D eigenvalue weighted by atomic mass is 16.2. The number of hydrogen-bond donors (Lipinski definition) is 2. The van der Waals surface area contributed by atoms with E-state index in [1.54, 1.807) is 28.1 Å². The van der Waals surface area contributed by atoms with Crippen LogP contribution in [0.3, 0.4) is 0 Å². The van der Waals surface area contributed by atoms with E-state index >= 15 is 0 Å². The number of rotatable bonds is 6. The number of anilines is 1. The van der Waals surface area contributed by atoms with Crippen LogP contribution in [0.25, 0.3) is 5.82 Å². The Morgan fingerprint density at radius 3 is 2.71 bits per heavy atom. The molecule has 0 aliphatic heterocycles. The third-order valence-corrected chi connectivity index (χ3v) is 4.10. The second kappa shape index (κ2) is 8.12. The minimum atomic E-state index is -0.304. The number of amides is 2. The highest BCUT2D eigenvalue weighted by molar-refractivity contribution is 5.90. The van der Waals surface area contributed by atoms with Crippen molar-refractivity contribution in [2.24, 2.45) is 0 Å². The summed E-state index contributed by atoms with van der Waals surface area (Å²) >= 11 is 0. The normalized spacial score (nSPS) is 10.6. The lowest BCUT2D eigenvalue weighted by Gasteiger charge is -2.13. The van der Waals surface area contributed by atoms with Gasteiger partial charge in [-0.1, -0.05) is 24.3 Å². The molecule has 28 heavy (non-hydrogen) atoms. The average Bonchev–Trinajstić information content (AvgIpc) is 3.42. The van der Waals surface area contributed by atoms with Crippen molar-refractivity contribution in [3.63, 3.8) is 0 Å². The molecule has 0 fully saturated rings. The molecular formula is C19H18N8O. The quantitative estimate of drug-likeness (QED) is 0.539. The molecule has 0 aliphatic carbocycles. The van der Waals surface area contributed by atoms with Crippen LogP contribution in [0.5, 0.6) is 0 Å². The van der Waals surface area contributed by atoms with Gasteiger partial charge in [0, 0.05) is 36.4 Å². The van der Waals surface area contributed by atoms with Gasteiger partial charge >= 0.3 is 6.03 Å². The van der Waals surface area contributed by atoms with Crippen LogP contribution in [-0.4, -0.2) is 35.6 Å². The predicted octanol–water partition coefficient (Wildman–Crippen LogP) is 2.23. The second-order valence-electron chi connectivity index (χ2n) is 5.99. The second-order valence-corrected chi connectivity index (χ2v) is 5.99. The zero-order chi connectivity index (χ0) is 19.2. The first-order chi connectivity index (χ1) is 13.8. The van der Waals surface area contributed by atoms with Crippen LogP contribution >= 0.6 is 0 Å². The summed E-state index contributed by atoms with van der Waals surface area (Å²) < 4.78 is 3.37. The van der Waals surface area contributed by atoms with Crippen LogP contribution < -0.4 is 10.6 Å². The Morgan fingerprint density at radius 2 is 1.89 bits per heavy atom. The first-order valence-corrected chi connectivity index (χ1v) is 8.68. The summed E-state index contributed by atoms with van der Waals surface area (Å²) in [5.74, 6) is 0.624. The van der Waals surface area contributed by atoms with Crippen molar-refractivity contribution in [3.05, 3.63) is 84.8 Å². The summed E-state index contributed by atoms with van der Waals surface area (Å²) in [6.45, 7) is 0.874. The number of hydrogen-bond acceptors (Lipinski definition) is 5. The van der Waals surface area contributed by atoms with Gasteiger partial charge in [0.05, 0.1) is 6.54 Å². The van der Waals surface area contributed by atoms with Crippen molar-refractivity contribution in [1.29, 1.82) is 0 Å². The molecule has 2 amide bonds. The van der Waals surface area contributed by atoms with Gasteiger partial charge in [-0.05, 0) is 23.8 Å². The third kappa shape index (κ3) is 4.04. The Bertz CT molecular complexity index is 1040. The summed E-state index contributed by atoms with van der Waals surface area (Å²) in [6.07, 6.45) is 8.28. The van der Waals surface area contributed by atoms with Crippen molar-refractivity contribution in [3.8, 4) is 5.82 Å². The summed E-state index contributed by atoms with van der Waals surface area (Å²) in [7, 11) is 0. The number of carbonyl (C=O) groups is 1. The number of benzene rings is 1. The molecule has 1 aromatic carbocycles. The number of carbonyl (C=O) groups excluding carboxylic acids is 1. The van der Waals surface area contributed by atoms with Gasteiger partial charge in [0.1, 0.15) is 12.7 Å². The maximum Gasteiger partial charge on any atom is 0.319 e. The van der Waals surface area contributed by atoms with Crippen molar-refractivity contribution < 1.29 is 4.79 Å². The first-order valence-electron chi connectivity index (χ1n) is 8.68. The molecule has 4 aromatic rings. The Balaban J connectivity index is 1.42. The van der Waals surface area contributed by atoms with Crippen LogP contribution in [-0.2, 0) is 13.1 Å². The summed E-state index contributed by atoms with van der Waals surface area (Å²) in [5.41, 5.74) is 2.53. The van der Waals surface area contributed by atoms with E-state index in [0.29, 0.717) is 18.9 Å². The maximum absolute atomic E-state index is 12.4. The van der Waals surface area contributed by atoms with Gasteiger partial charge < -0.3 is 10.6 Å². The lowest BCUT2D eigenvalue weighted by Crippen LogP contribution is -2.29. The number of para-hydroxylation sites is 1. The molecule has 140 valence electrons. The largest absolute Gasteiger partial charge is 0.334 e. The third-order valence-electron chi connectivity index (χ3n) is 4.10. The van der Waals surface area contributed by atoms with E-state index in [0.717, 1.165) is 16.8 Å². The van der Waals surface area contributed by atoms with Gasteiger partial charge in [-0.25, -0.2) is 19.4 Å². The van der Waals surface area contributed by atoms with Gasteiger partial charge in [0.2, 0.25) is 0 Å². The standard InChI is InChI=1S/C19H18N8O/c28-19(22-11-15-6-3-8-21-18(15)27-14-20-13-24-27)25-17-7-2-1-5-16(17)12-26-10-4-9-23-26/h1-10,13-14H,11-12H2,(H2,22,25,28). The van der Waals surface area contributed by atoms with Crippen LogP contribution in [0.15, 0.2) is 73.7 Å². The van der Waals surface area contributed by atoms with Crippen molar-refractivity contribution in [1.82, 2.24) is 34.8 Å². The molecule has 0 saturated heterocycles. The minimum Gasteiger partial charge on any atom is -0.334 e. The molecular weight excluding hydrogens is 356 g/mol. The van der Waals surface area contributed by atoms with Crippen LogP contribution in [0.4, 0.5) is 10.5 Å². The Hall–Kier alpha value is -4.01. The first kappa shape index (κ1) is 17.4. The smallest absolute Gasteiger partial charge is 0.319 e. The molecule has 3 heterocycles. The number of nitrogens with one attached hydrogen (secondary N) is 2. The van der Waals surface area contributed by atoms with Crippen LogP contribution in [0.1, 0.15) is 11.1 Å². The molecule has 2 N–H and O–H groups in total. The maximum atomic E-state index is 12.4. The van der Waals surface area contributed by atoms with E-state index in [2.05, 4.69) is 30.8 Å². The fourth-order valence-corrected chi connectivity index (χ4v) is 2.78. The monoisotopic (exact) mass is 374 g/mol. The highest BCUT2D eigenvalue weighted by Crippen LogP contribution is 2.16. The van der Waals surface area contributed by atoms with E-state index in [9.17, 15) is 4.79 Å². The molecule has 9 nitrogen and oxygen atoms in total. The lowest BCUT2D eigenvalue weighted by atomic mass is 10.2. The van der Waals surface area contributed by atoms with E-state index in [1.165, 1.54) is 6.33 Å². The van der Waals surface area contributed by atoms with Crippen LogP contribution in [0.2, 0.25) is 0 Å². The van der Waals surface area contributed by atoms with E-state index in [-0.39, 0.29) is 6.03 Å². The Kier molecular flexibility index (Phi) is 5.05. The summed E-state index contributed by atoms with van der Waals surface area (Å²) in [4.78, 5) is 20.7. The zero-order valence-corrected chi connectivity index (χ0v) is 14.9. The average molecular weight is 374 g/mol. The fourth-order valence-electron chi connectivity index (χ4n) is 2.78. The van der Waals surface area contributed by atoms with Gasteiger partial charge in [-0.2, -0.15) is 10.2 Å². The van der Waals surface area contributed by atoms with E-state index in [4.69, 9.17) is 0 Å². The Morgan fingerprint density at radius 1 is 1.00 bits per heavy atom. The molecule has 9 heteroatoms. The summed E-state index contributed by atoms with van der Waals surface area (Å²) in [6, 6.07) is 12.9. The summed E-state index contributed by atoms with van der Waals surface area (Å²) in [5, 5.41) is 14.1. The predicted molar refractivity (Wildman–Crippen MR) is 103 cm³/mol. The minimum absolute atomic E-state index is 0.302. The van der Waals surface area contributed by atoms with Crippen molar-refractivity contribution >= 4 is 11.7 Å². The highest BCUT2D eigenvalue weighted by Gasteiger charge is 2.10. The topological polar surface area (TPSA) is 103 Å². The van der Waals surface area contributed by atoms with Crippen LogP contribution in [0, 0.1) is 0 Å². The number of pyridine rings is 1. The molecule has 0 aliphatic rings. The molecule has 0 radical (unpaired) electrons. The molecule has 4 rings (SSSR count). The van der Waals surface area contributed by atoms with Crippen molar-refractivity contribution in [2.75, 3.05) is 5.32 Å². The molecule has 0 atom stereocenters. The fraction of sp³-hybridized carbons (Fsp3) is 0.105. The van der Waals surface area contributed by atoms with Gasteiger partial charge in [-0.3, -0.25) is 4.68 Å². The van der Waals surface area contributed by atoms with Gasteiger partial charge in [-0.15, -0.1) is 0 Å². The van der Waals surface area contributed by atoms with Gasteiger partial charge in [0.25, 0.3) is 0 Å².